The summed E-state index contributed by atoms with van der Waals surface area (Å²) in [5.74, 6) is -0.125. The predicted molar refractivity (Wildman–Crippen MR) is 97.9 cm³/mol. The summed E-state index contributed by atoms with van der Waals surface area (Å²) in [7, 11) is -1.98. The fourth-order valence-corrected chi connectivity index (χ4v) is 3.75. The van der Waals surface area contributed by atoms with Gasteiger partial charge >= 0.3 is 0 Å². The molecule has 0 saturated heterocycles. The number of ether oxygens (including phenoxy) is 1. The van der Waals surface area contributed by atoms with Crippen molar-refractivity contribution in [3.05, 3.63) is 69.7 Å². The Balaban J connectivity index is 2.10. The zero-order valence-corrected chi connectivity index (χ0v) is 15.8. The van der Waals surface area contributed by atoms with E-state index in [4.69, 9.17) is 27.9 Å². The van der Waals surface area contributed by atoms with Crippen molar-refractivity contribution in [3.8, 4) is 0 Å². The highest BCUT2D eigenvalue weighted by atomic mass is 35.5. The molecule has 0 bridgehead atoms. The van der Waals surface area contributed by atoms with Crippen LogP contribution in [0.2, 0.25) is 10.0 Å². The first kappa shape index (κ1) is 19.2. The molecule has 1 N–H and O–H groups in total. The molecule has 0 aromatic heterocycles. The quantitative estimate of drug-likeness (QED) is 0.781. The lowest BCUT2D eigenvalue weighted by molar-refractivity contribution is 0.00698. The van der Waals surface area contributed by atoms with Crippen LogP contribution >= 0.6 is 23.2 Å². The Labute approximate surface area is 152 Å². The van der Waals surface area contributed by atoms with Crippen LogP contribution in [0, 0.1) is 0 Å². The van der Waals surface area contributed by atoms with Gasteiger partial charge in [-0.3, -0.25) is 0 Å². The molecule has 0 aliphatic heterocycles. The Kier molecular flexibility index (Phi) is 6.28. The van der Waals surface area contributed by atoms with Gasteiger partial charge in [0.2, 0.25) is 10.0 Å². The summed E-state index contributed by atoms with van der Waals surface area (Å²) < 4.78 is 32.8. The number of sulfonamides is 1. The third-order valence-electron chi connectivity index (χ3n) is 3.79. The number of rotatable bonds is 7. The Morgan fingerprint density at radius 2 is 1.75 bits per heavy atom. The molecule has 0 saturated carbocycles. The lowest BCUT2D eigenvalue weighted by atomic mass is 9.96. The van der Waals surface area contributed by atoms with Gasteiger partial charge in [-0.2, -0.15) is 0 Å². The second kappa shape index (κ2) is 7.85. The SMILES string of the molecule is COC(C)(CNS(=O)(=O)Cc1ccc(Cl)cc1)c1cccc(Cl)c1. The lowest BCUT2D eigenvalue weighted by Gasteiger charge is -2.29. The van der Waals surface area contributed by atoms with Gasteiger partial charge in [0.25, 0.3) is 0 Å². The van der Waals surface area contributed by atoms with E-state index in [1.54, 1.807) is 42.5 Å². The first-order valence-corrected chi connectivity index (χ1v) is 9.68. The molecule has 0 heterocycles. The van der Waals surface area contributed by atoms with Crippen molar-refractivity contribution in [2.24, 2.45) is 0 Å². The van der Waals surface area contributed by atoms with Crippen LogP contribution in [0.1, 0.15) is 18.1 Å². The molecule has 0 aliphatic rings. The fraction of sp³-hybridized carbons (Fsp3) is 0.294. The van der Waals surface area contributed by atoms with Gasteiger partial charge in [0.15, 0.2) is 0 Å². The van der Waals surface area contributed by atoms with Crippen molar-refractivity contribution in [2.75, 3.05) is 13.7 Å². The van der Waals surface area contributed by atoms with E-state index in [0.29, 0.717) is 15.6 Å². The Hall–Kier alpha value is -1.11. The van der Waals surface area contributed by atoms with Gasteiger partial charge in [-0.1, -0.05) is 47.5 Å². The molecule has 0 aliphatic carbocycles. The molecule has 24 heavy (non-hydrogen) atoms. The van der Waals surface area contributed by atoms with Gasteiger partial charge in [0.05, 0.1) is 5.75 Å². The van der Waals surface area contributed by atoms with Crippen LogP contribution in [-0.4, -0.2) is 22.1 Å². The zero-order valence-electron chi connectivity index (χ0n) is 13.4. The van der Waals surface area contributed by atoms with E-state index in [0.717, 1.165) is 5.56 Å². The van der Waals surface area contributed by atoms with E-state index in [2.05, 4.69) is 4.72 Å². The van der Waals surface area contributed by atoms with Crippen molar-refractivity contribution in [1.82, 2.24) is 4.72 Å². The van der Waals surface area contributed by atoms with Crippen LogP contribution in [0.4, 0.5) is 0 Å². The molecule has 0 radical (unpaired) electrons. The molecule has 130 valence electrons. The van der Waals surface area contributed by atoms with E-state index in [9.17, 15) is 8.42 Å². The van der Waals surface area contributed by atoms with Gasteiger partial charge in [0.1, 0.15) is 5.60 Å². The molecular weight excluding hydrogens is 369 g/mol. The molecule has 7 heteroatoms. The van der Waals surface area contributed by atoms with Gasteiger partial charge in [-0.05, 0) is 42.3 Å². The van der Waals surface area contributed by atoms with Crippen molar-refractivity contribution >= 4 is 33.2 Å². The largest absolute Gasteiger partial charge is 0.372 e. The zero-order chi connectivity index (χ0) is 17.8. The Morgan fingerprint density at radius 1 is 1.08 bits per heavy atom. The summed E-state index contributed by atoms with van der Waals surface area (Å²) in [5.41, 5.74) is 0.637. The maximum Gasteiger partial charge on any atom is 0.215 e. The summed E-state index contributed by atoms with van der Waals surface area (Å²) in [5, 5.41) is 1.14. The molecular formula is C17H19Cl2NO3S. The molecule has 2 rings (SSSR count). The summed E-state index contributed by atoms with van der Waals surface area (Å²) in [6, 6.07) is 13.9. The van der Waals surface area contributed by atoms with Gasteiger partial charge in [-0.25, -0.2) is 13.1 Å². The Bertz CT molecular complexity index is 794. The van der Waals surface area contributed by atoms with Gasteiger partial charge < -0.3 is 4.74 Å². The Morgan fingerprint density at radius 3 is 2.33 bits per heavy atom. The van der Waals surface area contributed by atoms with Crippen LogP contribution in [0.15, 0.2) is 48.5 Å². The fourth-order valence-electron chi connectivity index (χ4n) is 2.21. The van der Waals surface area contributed by atoms with Gasteiger partial charge in [0, 0.05) is 23.7 Å². The highest BCUT2D eigenvalue weighted by Gasteiger charge is 2.28. The minimum Gasteiger partial charge on any atom is -0.372 e. The predicted octanol–water partition coefficient (Wildman–Crippen LogP) is 3.97. The number of nitrogens with one attached hydrogen (secondary N) is 1. The molecule has 1 atom stereocenters. The summed E-state index contributed by atoms with van der Waals surface area (Å²) in [6.45, 7) is 1.91. The second-order valence-corrected chi connectivity index (χ2v) is 8.33. The van der Waals surface area contributed by atoms with Crippen LogP contribution in [0.5, 0.6) is 0 Å². The number of hydrogen-bond donors (Lipinski definition) is 1. The van der Waals surface area contributed by atoms with Crippen LogP contribution in [-0.2, 0) is 26.1 Å². The summed E-state index contributed by atoms with van der Waals surface area (Å²) in [4.78, 5) is 0. The standard InChI is InChI=1S/C17H19Cl2NO3S/c1-17(23-2,14-4-3-5-16(19)10-14)12-20-24(21,22)11-13-6-8-15(18)9-7-13/h3-10,20H,11-12H2,1-2H3. The monoisotopic (exact) mass is 387 g/mol. The number of benzene rings is 2. The lowest BCUT2D eigenvalue weighted by Crippen LogP contribution is -2.40. The third-order valence-corrected chi connectivity index (χ3v) is 5.57. The topological polar surface area (TPSA) is 55.4 Å². The smallest absolute Gasteiger partial charge is 0.215 e. The molecule has 2 aromatic rings. The molecule has 2 aromatic carbocycles. The molecule has 0 spiro atoms. The third kappa shape index (κ3) is 5.19. The average molecular weight is 388 g/mol. The van der Waals surface area contributed by atoms with Crippen LogP contribution in [0.25, 0.3) is 0 Å². The van der Waals surface area contributed by atoms with E-state index in [-0.39, 0.29) is 12.3 Å². The summed E-state index contributed by atoms with van der Waals surface area (Å²) in [6.07, 6.45) is 0. The molecule has 4 nitrogen and oxygen atoms in total. The minimum atomic E-state index is -3.51. The van der Waals surface area contributed by atoms with E-state index in [1.807, 2.05) is 13.0 Å². The highest BCUT2D eigenvalue weighted by Crippen LogP contribution is 2.26. The number of methoxy groups -OCH3 is 1. The minimum absolute atomic E-state index is 0.0970. The number of hydrogen-bond acceptors (Lipinski definition) is 3. The van der Waals surface area contributed by atoms with E-state index >= 15 is 0 Å². The van der Waals surface area contributed by atoms with Crippen molar-refractivity contribution in [1.29, 1.82) is 0 Å². The maximum atomic E-state index is 12.3. The van der Waals surface area contributed by atoms with Crippen molar-refractivity contribution in [3.63, 3.8) is 0 Å². The second-order valence-electron chi connectivity index (χ2n) is 5.65. The molecule has 1 unspecified atom stereocenters. The normalized spacial score (nSPS) is 14.3. The molecule has 0 amide bonds. The van der Waals surface area contributed by atoms with Crippen LogP contribution in [0.3, 0.4) is 0 Å². The van der Waals surface area contributed by atoms with Crippen molar-refractivity contribution < 1.29 is 13.2 Å². The number of halogens is 2. The maximum absolute atomic E-state index is 12.3. The first-order valence-electron chi connectivity index (χ1n) is 7.27. The van der Waals surface area contributed by atoms with E-state index in [1.165, 1.54) is 7.11 Å². The first-order chi connectivity index (χ1) is 11.2. The highest BCUT2D eigenvalue weighted by molar-refractivity contribution is 7.88. The molecule has 0 fully saturated rings. The van der Waals surface area contributed by atoms with Gasteiger partial charge in [-0.15, -0.1) is 0 Å². The van der Waals surface area contributed by atoms with Crippen molar-refractivity contribution in [2.45, 2.75) is 18.3 Å². The van der Waals surface area contributed by atoms with E-state index < -0.39 is 15.6 Å². The average Bonchev–Trinajstić information content (AvgIpc) is 2.55. The van der Waals surface area contributed by atoms with Crippen LogP contribution < -0.4 is 4.72 Å². The summed E-state index contributed by atoms with van der Waals surface area (Å²) >= 11 is 11.8.